The zero-order chi connectivity index (χ0) is 13.0. The van der Waals surface area contributed by atoms with Crippen LogP contribution in [0.3, 0.4) is 0 Å². The van der Waals surface area contributed by atoms with Crippen LogP contribution in [-0.4, -0.2) is 34.7 Å². The molecule has 1 rings (SSSR count). The summed E-state index contributed by atoms with van der Waals surface area (Å²) in [5, 5.41) is 20.6. The number of nitrogens with one attached hydrogen (secondary N) is 1. The van der Waals surface area contributed by atoms with Crippen LogP contribution in [0.15, 0.2) is 10.5 Å². The van der Waals surface area contributed by atoms with Crippen molar-refractivity contribution < 1.29 is 24.2 Å². The van der Waals surface area contributed by atoms with Crippen LogP contribution >= 0.6 is 0 Å². The topological polar surface area (TPSA) is 126 Å². The van der Waals surface area contributed by atoms with Crippen LogP contribution in [0.1, 0.15) is 21.9 Å². The van der Waals surface area contributed by atoms with Gasteiger partial charge in [-0.2, -0.15) is 0 Å². The van der Waals surface area contributed by atoms with Gasteiger partial charge in [-0.15, -0.1) is 0 Å². The van der Waals surface area contributed by atoms with Crippen molar-refractivity contribution in [3.05, 3.63) is 23.2 Å². The Hall–Kier alpha value is -1.86. The van der Waals surface area contributed by atoms with Gasteiger partial charge >= 0.3 is 5.97 Å². The minimum absolute atomic E-state index is 0.0164. The molecule has 1 heterocycles. The summed E-state index contributed by atoms with van der Waals surface area (Å²) in [5.74, 6) is -1.16. The summed E-state index contributed by atoms with van der Waals surface area (Å²) >= 11 is 0. The van der Waals surface area contributed by atoms with Crippen molar-refractivity contribution in [3.8, 4) is 0 Å². The Kier molecular flexibility index (Phi) is 4.24. The Morgan fingerprint density at radius 2 is 2.24 bits per heavy atom. The molecule has 0 aromatic carbocycles. The predicted octanol–water partition coefficient (Wildman–Crippen LogP) is -0.778. The molecule has 7 heteroatoms. The third-order valence-electron chi connectivity index (χ3n) is 2.16. The third-order valence-corrected chi connectivity index (χ3v) is 2.16. The van der Waals surface area contributed by atoms with Crippen LogP contribution < -0.4 is 11.1 Å². The van der Waals surface area contributed by atoms with Crippen molar-refractivity contribution in [2.24, 2.45) is 5.73 Å². The van der Waals surface area contributed by atoms with E-state index in [0.717, 1.165) is 0 Å². The van der Waals surface area contributed by atoms with Gasteiger partial charge in [0.05, 0.1) is 6.54 Å². The molecule has 17 heavy (non-hydrogen) atoms. The van der Waals surface area contributed by atoms with Crippen LogP contribution in [-0.2, 0) is 11.3 Å². The lowest BCUT2D eigenvalue weighted by Gasteiger charge is -2.06. The number of hydrogen-bond donors (Lipinski definition) is 4. The maximum absolute atomic E-state index is 10.7. The molecule has 0 saturated heterocycles. The molecule has 5 N–H and O–H groups in total. The number of aliphatic hydroxyl groups is 1. The number of carbonyl (C=O) groups is 2. The predicted molar refractivity (Wildman–Crippen MR) is 57.3 cm³/mol. The van der Waals surface area contributed by atoms with E-state index >= 15 is 0 Å². The highest BCUT2D eigenvalue weighted by Gasteiger charge is 2.14. The van der Waals surface area contributed by atoms with Crippen molar-refractivity contribution in [1.82, 2.24) is 5.32 Å². The zero-order valence-electron chi connectivity index (χ0n) is 9.27. The van der Waals surface area contributed by atoms with Gasteiger partial charge in [0.2, 0.25) is 5.91 Å². The number of carbonyl (C=O) groups excluding carboxylic acids is 1. The van der Waals surface area contributed by atoms with Gasteiger partial charge in [-0.1, -0.05) is 0 Å². The van der Waals surface area contributed by atoms with E-state index in [1.54, 1.807) is 6.92 Å². The van der Waals surface area contributed by atoms with E-state index in [4.69, 9.17) is 20.4 Å². The highest BCUT2D eigenvalue weighted by atomic mass is 16.4. The van der Waals surface area contributed by atoms with E-state index in [0.29, 0.717) is 11.5 Å². The number of furan rings is 1. The molecule has 0 spiro atoms. The first-order valence-electron chi connectivity index (χ1n) is 4.92. The maximum atomic E-state index is 10.7. The number of aryl methyl sites for hydroxylation is 1. The second-order valence-electron chi connectivity index (χ2n) is 3.54. The average Bonchev–Trinajstić information content (AvgIpc) is 2.59. The molecule has 0 aliphatic rings. The summed E-state index contributed by atoms with van der Waals surface area (Å²) < 4.78 is 5.18. The largest absolute Gasteiger partial charge is 0.478 e. The molecule has 94 valence electrons. The number of nitrogens with two attached hydrogens (primary N) is 1. The van der Waals surface area contributed by atoms with Crippen LogP contribution in [0.25, 0.3) is 0 Å². The fourth-order valence-corrected chi connectivity index (χ4v) is 1.28. The minimum atomic E-state index is -1.27. The van der Waals surface area contributed by atoms with Crippen molar-refractivity contribution in [2.75, 3.05) is 6.54 Å². The van der Waals surface area contributed by atoms with Crippen molar-refractivity contribution >= 4 is 11.9 Å². The summed E-state index contributed by atoms with van der Waals surface area (Å²) in [7, 11) is 0. The number of aliphatic hydroxyl groups excluding tert-OH is 1. The Labute approximate surface area is 97.2 Å². The Balaban J connectivity index is 2.50. The zero-order valence-corrected chi connectivity index (χ0v) is 9.27. The van der Waals surface area contributed by atoms with Gasteiger partial charge in [-0.05, 0) is 13.0 Å². The molecule has 0 aliphatic carbocycles. The molecule has 1 atom stereocenters. The van der Waals surface area contributed by atoms with Gasteiger partial charge in [0, 0.05) is 6.54 Å². The number of primary amides is 1. The summed E-state index contributed by atoms with van der Waals surface area (Å²) in [4.78, 5) is 21.2. The van der Waals surface area contributed by atoms with Crippen LogP contribution in [0.4, 0.5) is 0 Å². The lowest BCUT2D eigenvalue weighted by atomic mass is 10.2. The second-order valence-corrected chi connectivity index (χ2v) is 3.54. The minimum Gasteiger partial charge on any atom is -0.478 e. The van der Waals surface area contributed by atoms with E-state index in [9.17, 15) is 9.59 Å². The highest BCUT2D eigenvalue weighted by Crippen LogP contribution is 2.14. The Bertz CT molecular complexity index is 426. The number of carboxylic acids is 1. The van der Waals surface area contributed by atoms with Gasteiger partial charge in [0.1, 0.15) is 23.2 Å². The van der Waals surface area contributed by atoms with Gasteiger partial charge in [-0.3, -0.25) is 4.79 Å². The second kappa shape index (κ2) is 5.46. The molecule has 0 radical (unpaired) electrons. The van der Waals surface area contributed by atoms with Crippen LogP contribution in [0.2, 0.25) is 0 Å². The van der Waals surface area contributed by atoms with Crippen molar-refractivity contribution in [1.29, 1.82) is 0 Å². The van der Waals surface area contributed by atoms with Crippen LogP contribution in [0, 0.1) is 6.92 Å². The number of hydrogen-bond acceptors (Lipinski definition) is 5. The van der Waals surface area contributed by atoms with Gasteiger partial charge < -0.3 is 25.7 Å². The molecule has 0 fully saturated rings. The summed E-state index contributed by atoms with van der Waals surface area (Å²) in [6.07, 6.45) is -1.27. The lowest BCUT2D eigenvalue weighted by Crippen LogP contribution is -2.37. The average molecular weight is 242 g/mol. The fourth-order valence-electron chi connectivity index (χ4n) is 1.28. The SMILES string of the molecule is Cc1oc(CNCC(O)C(N)=O)cc1C(=O)O. The molecular formula is C10H14N2O5. The summed E-state index contributed by atoms with van der Waals surface area (Å²) in [5.41, 5.74) is 4.95. The van der Waals surface area contributed by atoms with E-state index in [2.05, 4.69) is 5.32 Å². The molecule has 0 bridgehead atoms. The van der Waals surface area contributed by atoms with E-state index in [1.165, 1.54) is 6.07 Å². The maximum Gasteiger partial charge on any atom is 0.339 e. The van der Waals surface area contributed by atoms with Crippen LogP contribution in [0.5, 0.6) is 0 Å². The Morgan fingerprint density at radius 3 is 2.71 bits per heavy atom. The molecular weight excluding hydrogens is 228 g/mol. The highest BCUT2D eigenvalue weighted by molar-refractivity contribution is 5.88. The molecule has 1 amide bonds. The Morgan fingerprint density at radius 1 is 1.59 bits per heavy atom. The first kappa shape index (κ1) is 13.2. The summed E-state index contributed by atoms with van der Waals surface area (Å²) in [6.45, 7) is 1.74. The molecule has 1 aromatic rings. The fraction of sp³-hybridized carbons (Fsp3) is 0.400. The third kappa shape index (κ3) is 3.58. The normalized spacial score (nSPS) is 12.4. The van der Waals surface area contributed by atoms with Crippen molar-refractivity contribution in [2.45, 2.75) is 19.6 Å². The van der Waals surface area contributed by atoms with Gasteiger partial charge in [-0.25, -0.2) is 4.79 Å². The first-order valence-corrected chi connectivity index (χ1v) is 4.92. The molecule has 0 aliphatic heterocycles. The van der Waals surface area contributed by atoms with Crippen molar-refractivity contribution in [3.63, 3.8) is 0 Å². The van der Waals surface area contributed by atoms with E-state index in [-0.39, 0.29) is 18.7 Å². The number of amides is 1. The monoisotopic (exact) mass is 242 g/mol. The standard InChI is InChI=1S/C10H14N2O5/c1-5-7(10(15)16)2-6(17-5)3-12-4-8(13)9(11)14/h2,8,12-13H,3-4H2,1H3,(H2,11,14)(H,15,16). The van der Waals surface area contributed by atoms with E-state index in [1.807, 2.05) is 0 Å². The first-order chi connectivity index (χ1) is 7.91. The molecule has 0 saturated carbocycles. The lowest BCUT2D eigenvalue weighted by molar-refractivity contribution is -0.125. The number of aromatic carboxylic acids is 1. The summed E-state index contributed by atoms with van der Waals surface area (Å²) in [6, 6.07) is 1.39. The number of carboxylic acid groups (broad SMARTS) is 1. The van der Waals surface area contributed by atoms with Gasteiger partial charge in [0.25, 0.3) is 0 Å². The van der Waals surface area contributed by atoms with Gasteiger partial charge in [0.15, 0.2) is 0 Å². The quantitative estimate of drug-likeness (QED) is 0.518. The molecule has 1 unspecified atom stereocenters. The molecule has 7 nitrogen and oxygen atoms in total. The number of rotatable bonds is 6. The van der Waals surface area contributed by atoms with E-state index < -0.39 is 18.0 Å². The smallest absolute Gasteiger partial charge is 0.339 e. The molecule has 1 aromatic heterocycles.